The second-order valence-corrected chi connectivity index (χ2v) is 13.0. The van der Waals surface area contributed by atoms with Gasteiger partial charge in [-0.25, -0.2) is 9.80 Å². The topological polar surface area (TPSA) is 77.2 Å². The van der Waals surface area contributed by atoms with Crippen LogP contribution in [-0.2, 0) is 9.53 Å². The van der Waals surface area contributed by atoms with Crippen LogP contribution in [0.25, 0.3) is 0 Å². The normalized spacial score (nSPS) is 43.6. The van der Waals surface area contributed by atoms with Gasteiger partial charge in [0.15, 0.2) is 0 Å². The van der Waals surface area contributed by atoms with Gasteiger partial charge in [-0.15, -0.1) is 11.6 Å². The Hall–Kier alpha value is -1.09. The zero-order valence-electron chi connectivity index (χ0n) is 21.9. The summed E-state index contributed by atoms with van der Waals surface area (Å²) < 4.78 is 6.30. The highest BCUT2D eigenvalue weighted by Gasteiger charge is 2.50. The summed E-state index contributed by atoms with van der Waals surface area (Å²) in [6.45, 7) is 7.42. The van der Waals surface area contributed by atoms with Crippen molar-refractivity contribution in [3.8, 4) is 0 Å². The quantitative estimate of drug-likeness (QED) is 0.556. The summed E-state index contributed by atoms with van der Waals surface area (Å²) in [4.78, 5) is 30.5. The molecule has 0 bridgehead atoms. The molecular weight excluding hydrogens is 478 g/mol. The van der Waals surface area contributed by atoms with Gasteiger partial charge in [0, 0.05) is 50.1 Å². The monoisotopic (exact) mass is 521 g/mol. The maximum absolute atomic E-state index is 13.8. The number of nitrogens with one attached hydrogen (secondary N) is 2. The van der Waals surface area contributed by atoms with Gasteiger partial charge in [-0.1, -0.05) is 0 Å². The molecule has 3 saturated heterocycles. The fraction of sp³-hybridized carbons (Fsp3) is 0.926. The number of hydrazine groups is 1. The van der Waals surface area contributed by atoms with Gasteiger partial charge in [0.1, 0.15) is 6.10 Å². The van der Waals surface area contributed by atoms with E-state index in [0.29, 0.717) is 24.3 Å². The fourth-order valence-electron chi connectivity index (χ4n) is 8.23. The van der Waals surface area contributed by atoms with Gasteiger partial charge in [-0.3, -0.25) is 10.2 Å². The first kappa shape index (κ1) is 25.2. The number of hydrogen-bond acceptors (Lipinski definition) is 6. The van der Waals surface area contributed by atoms with Crippen molar-refractivity contribution in [2.24, 2.45) is 17.8 Å². The Morgan fingerprint density at radius 1 is 0.972 bits per heavy atom. The summed E-state index contributed by atoms with van der Waals surface area (Å²) in [5.74, 6) is 1.68. The van der Waals surface area contributed by atoms with Gasteiger partial charge in [0.05, 0.1) is 12.1 Å². The standard InChI is InChI=1S/C27H44ClN5O3/c1-16-14-31(27(35)36-25-10-8-22(28)21-4-3-11-29-26(21)25)24-12-18(5-9-23(24)33(16)17(2)34)19-13-30-32(15-19)20-6-7-20/h16,18-26,29-30H,3-15H2,1-2H3/t16-,18?,19?,21?,22?,23?,24?,25?,26?/m0/s1. The van der Waals surface area contributed by atoms with Crippen LogP contribution in [-0.4, -0.2) is 94.7 Å². The van der Waals surface area contributed by atoms with E-state index in [1.54, 1.807) is 6.92 Å². The zero-order chi connectivity index (χ0) is 25.0. The van der Waals surface area contributed by atoms with E-state index in [2.05, 4.69) is 27.6 Å². The number of carbonyl (C=O) groups is 2. The van der Waals surface area contributed by atoms with Crippen LogP contribution >= 0.6 is 11.6 Å². The van der Waals surface area contributed by atoms with E-state index in [0.717, 1.165) is 70.6 Å². The van der Waals surface area contributed by atoms with Crippen molar-refractivity contribution >= 4 is 23.6 Å². The highest BCUT2D eigenvalue weighted by molar-refractivity contribution is 6.20. The van der Waals surface area contributed by atoms with Crippen LogP contribution in [0.4, 0.5) is 4.79 Å². The molecule has 2 amide bonds. The summed E-state index contributed by atoms with van der Waals surface area (Å²) in [5, 5.41) is 6.23. The second kappa shape index (κ2) is 10.2. The maximum Gasteiger partial charge on any atom is 0.410 e. The smallest absolute Gasteiger partial charge is 0.410 e. The van der Waals surface area contributed by atoms with Gasteiger partial charge in [0.2, 0.25) is 5.91 Å². The molecule has 3 saturated carbocycles. The van der Waals surface area contributed by atoms with E-state index in [4.69, 9.17) is 16.3 Å². The van der Waals surface area contributed by atoms with Crippen molar-refractivity contribution in [3.05, 3.63) is 0 Å². The fourth-order valence-corrected chi connectivity index (χ4v) is 8.64. The summed E-state index contributed by atoms with van der Waals surface area (Å²) in [7, 11) is 0. The van der Waals surface area contributed by atoms with Crippen LogP contribution in [0.1, 0.15) is 71.6 Å². The second-order valence-electron chi connectivity index (χ2n) is 12.4. The molecule has 202 valence electrons. The Morgan fingerprint density at radius 3 is 2.58 bits per heavy atom. The molecule has 0 radical (unpaired) electrons. The molecule has 3 aliphatic carbocycles. The molecule has 3 aliphatic heterocycles. The number of halogens is 1. The van der Waals surface area contributed by atoms with Crippen molar-refractivity contribution in [3.63, 3.8) is 0 Å². The van der Waals surface area contributed by atoms with Crippen LogP contribution < -0.4 is 10.7 Å². The molecule has 0 aromatic heterocycles. The predicted octanol–water partition coefficient (Wildman–Crippen LogP) is 2.95. The average Bonchev–Trinajstić information content (AvgIpc) is 3.61. The summed E-state index contributed by atoms with van der Waals surface area (Å²) >= 11 is 6.67. The number of fused-ring (bicyclic) bond motifs is 2. The minimum Gasteiger partial charge on any atom is -0.444 e. The summed E-state index contributed by atoms with van der Waals surface area (Å²) in [6, 6.07) is 1.00. The Morgan fingerprint density at radius 2 is 1.81 bits per heavy atom. The summed E-state index contributed by atoms with van der Waals surface area (Å²) in [6.07, 6.45) is 9.31. The third kappa shape index (κ3) is 4.76. The molecule has 0 spiro atoms. The largest absolute Gasteiger partial charge is 0.444 e. The number of piperidine rings is 1. The van der Waals surface area contributed by atoms with Crippen molar-refractivity contribution in [2.75, 3.05) is 26.2 Å². The van der Waals surface area contributed by atoms with Gasteiger partial charge >= 0.3 is 6.09 Å². The number of nitrogens with zero attached hydrogens (tertiary/aromatic N) is 3. The molecule has 8 unspecified atom stereocenters. The number of piperazine rings is 1. The van der Waals surface area contributed by atoms with Crippen molar-refractivity contribution in [1.82, 2.24) is 25.6 Å². The number of carbonyl (C=O) groups excluding carboxylic acids is 2. The van der Waals surface area contributed by atoms with E-state index in [1.807, 2.05) is 4.90 Å². The first-order valence-corrected chi connectivity index (χ1v) is 15.0. The zero-order valence-corrected chi connectivity index (χ0v) is 22.7. The third-order valence-electron chi connectivity index (χ3n) is 10.2. The highest BCUT2D eigenvalue weighted by atomic mass is 35.5. The minimum atomic E-state index is -0.186. The number of amides is 2. The van der Waals surface area contributed by atoms with E-state index in [9.17, 15) is 9.59 Å². The maximum atomic E-state index is 13.8. The molecule has 0 aromatic rings. The number of hydrogen-bond donors (Lipinski definition) is 2. The SMILES string of the molecule is CC(=O)N1C2CCC(C3CNN(C4CC4)C3)CC2N(C(=O)OC2CCC(Cl)C3CCCNC23)C[C@@H]1C. The van der Waals surface area contributed by atoms with Crippen molar-refractivity contribution in [2.45, 2.75) is 113 Å². The molecule has 3 heterocycles. The Kier molecular flexibility index (Phi) is 7.16. The Labute approximate surface area is 220 Å². The molecule has 0 aromatic carbocycles. The van der Waals surface area contributed by atoms with E-state index < -0.39 is 0 Å². The van der Waals surface area contributed by atoms with Gasteiger partial charge in [-0.2, -0.15) is 0 Å². The third-order valence-corrected chi connectivity index (χ3v) is 10.7. The summed E-state index contributed by atoms with van der Waals surface area (Å²) in [5.41, 5.74) is 3.64. The molecule has 6 rings (SSSR count). The lowest BCUT2D eigenvalue weighted by Crippen LogP contribution is -2.67. The number of ether oxygens (including phenoxy) is 1. The molecule has 6 aliphatic rings. The molecule has 8 nitrogen and oxygen atoms in total. The van der Waals surface area contributed by atoms with Gasteiger partial charge < -0.3 is 19.9 Å². The molecule has 6 fully saturated rings. The van der Waals surface area contributed by atoms with Gasteiger partial charge in [-0.05, 0) is 89.0 Å². The lowest BCUT2D eigenvalue weighted by Gasteiger charge is -2.54. The number of alkyl halides is 1. The molecule has 9 atom stereocenters. The van der Waals surface area contributed by atoms with Crippen LogP contribution in [0.3, 0.4) is 0 Å². The molecular formula is C27H44ClN5O3. The van der Waals surface area contributed by atoms with Crippen LogP contribution in [0.5, 0.6) is 0 Å². The van der Waals surface area contributed by atoms with Crippen LogP contribution in [0.2, 0.25) is 0 Å². The lowest BCUT2D eigenvalue weighted by molar-refractivity contribution is -0.143. The van der Waals surface area contributed by atoms with Crippen LogP contribution in [0.15, 0.2) is 0 Å². The van der Waals surface area contributed by atoms with E-state index in [1.165, 1.54) is 12.8 Å². The van der Waals surface area contributed by atoms with Gasteiger partial charge in [0.25, 0.3) is 0 Å². The first-order valence-electron chi connectivity index (χ1n) is 14.5. The Balaban J connectivity index is 1.17. The molecule has 2 N–H and O–H groups in total. The first-order chi connectivity index (χ1) is 17.4. The van der Waals surface area contributed by atoms with E-state index >= 15 is 0 Å². The van der Waals surface area contributed by atoms with Crippen molar-refractivity contribution in [1.29, 1.82) is 0 Å². The van der Waals surface area contributed by atoms with E-state index in [-0.39, 0.29) is 47.6 Å². The minimum absolute atomic E-state index is 0.00508. The highest BCUT2D eigenvalue weighted by Crippen LogP contribution is 2.42. The number of rotatable bonds is 3. The molecule has 36 heavy (non-hydrogen) atoms. The van der Waals surface area contributed by atoms with Crippen LogP contribution in [0, 0.1) is 17.8 Å². The van der Waals surface area contributed by atoms with Crippen molar-refractivity contribution < 1.29 is 14.3 Å². The average molecular weight is 522 g/mol. The lowest BCUT2D eigenvalue weighted by atomic mass is 9.73. The molecule has 9 heteroatoms. The Bertz CT molecular complexity index is 842. The predicted molar refractivity (Wildman–Crippen MR) is 138 cm³/mol.